The van der Waals surface area contributed by atoms with Crippen molar-refractivity contribution in [3.63, 3.8) is 0 Å². The van der Waals surface area contributed by atoms with Crippen molar-refractivity contribution in [2.75, 3.05) is 36.0 Å². The maximum absolute atomic E-state index is 13.1. The molecule has 7 nitrogen and oxygen atoms in total. The van der Waals surface area contributed by atoms with Gasteiger partial charge in [0.15, 0.2) is 0 Å². The average Bonchev–Trinajstić information content (AvgIpc) is 2.72. The predicted octanol–water partition coefficient (Wildman–Crippen LogP) is 3.18. The Balaban J connectivity index is 1.98. The van der Waals surface area contributed by atoms with Crippen LogP contribution in [0.5, 0.6) is 0 Å². The van der Waals surface area contributed by atoms with Gasteiger partial charge in [-0.3, -0.25) is 19.3 Å². The minimum absolute atomic E-state index is 0.0491. The van der Waals surface area contributed by atoms with E-state index in [9.17, 15) is 27.6 Å². The number of amides is 3. The van der Waals surface area contributed by atoms with E-state index in [-0.39, 0.29) is 24.5 Å². The second-order valence-corrected chi connectivity index (χ2v) is 7.71. The van der Waals surface area contributed by atoms with E-state index >= 15 is 0 Å². The molecule has 0 unspecified atom stereocenters. The number of para-hydroxylation sites is 2. The summed E-state index contributed by atoms with van der Waals surface area (Å²) in [6.07, 6.45) is -4.60. The van der Waals surface area contributed by atoms with Crippen molar-refractivity contribution >= 4 is 40.9 Å². The SMILES string of the molecule is CCN(CC(=O)Nc1ccccc1SCC(N)=O)CC(=O)Nc1ccccc1C(F)(F)F. The van der Waals surface area contributed by atoms with Gasteiger partial charge in [0.05, 0.1) is 35.8 Å². The first-order valence-corrected chi connectivity index (χ1v) is 10.6. The van der Waals surface area contributed by atoms with Gasteiger partial charge in [-0.1, -0.05) is 31.2 Å². The Morgan fingerprint density at radius 2 is 1.47 bits per heavy atom. The largest absolute Gasteiger partial charge is 0.418 e. The molecular weight excluding hydrogens is 445 g/mol. The number of primary amides is 1. The van der Waals surface area contributed by atoms with Crippen LogP contribution < -0.4 is 16.4 Å². The first-order valence-electron chi connectivity index (χ1n) is 9.58. The zero-order valence-corrected chi connectivity index (χ0v) is 18.1. The van der Waals surface area contributed by atoms with Crippen LogP contribution in [-0.4, -0.2) is 48.0 Å². The number of hydrogen-bond acceptors (Lipinski definition) is 5. The third kappa shape index (κ3) is 7.89. The van der Waals surface area contributed by atoms with Crippen LogP contribution in [0.4, 0.5) is 24.5 Å². The van der Waals surface area contributed by atoms with Crippen LogP contribution in [0.25, 0.3) is 0 Å². The van der Waals surface area contributed by atoms with Gasteiger partial charge in [0, 0.05) is 4.90 Å². The molecule has 11 heteroatoms. The molecular formula is C21H23F3N4O3S. The summed E-state index contributed by atoms with van der Waals surface area (Å²) >= 11 is 1.18. The molecule has 0 heterocycles. The summed E-state index contributed by atoms with van der Waals surface area (Å²) in [6, 6.07) is 11.5. The number of nitrogens with two attached hydrogens (primary N) is 1. The highest BCUT2D eigenvalue weighted by Gasteiger charge is 2.33. The molecule has 2 aromatic carbocycles. The van der Waals surface area contributed by atoms with Crippen LogP contribution in [0.1, 0.15) is 12.5 Å². The zero-order chi connectivity index (χ0) is 23.7. The monoisotopic (exact) mass is 468 g/mol. The van der Waals surface area contributed by atoms with E-state index in [1.165, 1.54) is 34.9 Å². The molecule has 0 spiro atoms. The molecule has 2 rings (SSSR count). The summed E-state index contributed by atoms with van der Waals surface area (Å²) in [5.74, 6) is -1.53. The number of nitrogens with one attached hydrogen (secondary N) is 2. The third-order valence-corrected chi connectivity index (χ3v) is 5.32. The van der Waals surface area contributed by atoms with Gasteiger partial charge in [0.25, 0.3) is 0 Å². The summed E-state index contributed by atoms with van der Waals surface area (Å²) < 4.78 is 39.3. The lowest BCUT2D eigenvalue weighted by molar-refractivity contribution is -0.137. The standard InChI is InChI=1S/C21H23F3N4O3S/c1-2-28(11-19(30)26-15-8-4-3-7-14(15)21(22,23)24)12-20(31)27-16-9-5-6-10-17(16)32-13-18(25)29/h3-10H,2,11-13H2,1H3,(H2,25,29)(H,26,30)(H,27,31). The molecule has 0 radical (unpaired) electrons. The third-order valence-electron chi connectivity index (χ3n) is 4.22. The van der Waals surface area contributed by atoms with Crippen LogP contribution in [0, 0.1) is 0 Å². The summed E-state index contributed by atoms with van der Waals surface area (Å²) in [4.78, 5) is 37.9. The first-order chi connectivity index (χ1) is 15.1. The van der Waals surface area contributed by atoms with Crippen molar-refractivity contribution in [2.45, 2.75) is 18.0 Å². The molecule has 2 aromatic rings. The number of carbonyl (C=O) groups excluding carboxylic acids is 3. The molecule has 0 aromatic heterocycles. The number of anilines is 2. The Hall–Kier alpha value is -3.05. The van der Waals surface area contributed by atoms with Crippen molar-refractivity contribution in [2.24, 2.45) is 5.73 Å². The fourth-order valence-electron chi connectivity index (χ4n) is 2.75. The van der Waals surface area contributed by atoms with E-state index in [0.29, 0.717) is 17.1 Å². The summed E-state index contributed by atoms with van der Waals surface area (Å²) in [5.41, 5.74) is 4.36. The number of thioether (sulfide) groups is 1. The first kappa shape index (κ1) is 25.2. The van der Waals surface area contributed by atoms with Crippen molar-refractivity contribution in [1.29, 1.82) is 0 Å². The lowest BCUT2D eigenvalue weighted by atomic mass is 10.1. The molecule has 4 N–H and O–H groups in total. The molecule has 0 aliphatic rings. The number of likely N-dealkylation sites (N-methyl/N-ethyl adjacent to an activating group) is 1. The summed E-state index contributed by atoms with van der Waals surface area (Å²) in [7, 11) is 0. The second-order valence-electron chi connectivity index (χ2n) is 6.69. The van der Waals surface area contributed by atoms with Gasteiger partial charge in [-0.25, -0.2) is 0 Å². The van der Waals surface area contributed by atoms with Gasteiger partial charge in [-0.2, -0.15) is 13.2 Å². The Labute approximate surface area is 187 Å². The number of hydrogen-bond donors (Lipinski definition) is 3. The summed E-state index contributed by atoms with van der Waals surface area (Å²) in [6.45, 7) is 1.62. The topological polar surface area (TPSA) is 105 Å². The molecule has 172 valence electrons. The Kier molecular flexibility index (Phi) is 9.09. The Morgan fingerprint density at radius 1 is 0.938 bits per heavy atom. The van der Waals surface area contributed by atoms with E-state index in [1.54, 1.807) is 31.2 Å². The number of alkyl halides is 3. The molecule has 0 atom stereocenters. The lowest BCUT2D eigenvalue weighted by Gasteiger charge is -2.20. The Bertz CT molecular complexity index is 969. The fraction of sp³-hybridized carbons (Fsp3) is 0.286. The van der Waals surface area contributed by atoms with Crippen LogP contribution >= 0.6 is 11.8 Å². The maximum atomic E-state index is 13.1. The highest BCUT2D eigenvalue weighted by molar-refractivity contribution is 8.00. The van der Waals surface area contributed by atoms with E-state index in [1.807, 2.05) is 0 Å². The lowest BCUT2D eigenvalue weighted by Crippen LogP contribution is -2.38. The number of rotatable bonds is 10. The molecule has 0 bridgehead atoms. The quantitative estimate of drug-likeness (QED) is 0.465. The molecule has 0 saturated carbocycles. The van der Waals surface area contributed by atoms with Crippen LogP contribution in [0.2, 0.25) is 0 Å². The average molecular weight is 469 g/mol. The van der Waals surface area contributed by atoms with E-state index < -0.39 is 29.5 Å². The highest BCUT2D eigenvalue weighted by atomic mass is 32.2. The highest BCUT2D eigenvalue weighted by Crippen LogP contribution is 2.34. The molecule has 0 aliphatic heterocycles. The van der Waals surface area contributed by atoms with Crippen molar-refractivity contribution in [1.82, 2.24) is 4.90 Å². The van der Waals surface area contributed by atoms with Gasteiger partial charge < -0.3 is 16.4 Å². The van der Waals surface area contributed by atoms with Crippen LogP contribution in [-0.2, 0) is 20.6 Å². The van der Waals surface area contributed by atoms with E-state index in [0.717, 1.165) is 6.07 Å². The Morgan fingerprint density at radius 3 is 2.03 bits per heavy atom. The van der Waals surface area contributed by atoms with Crippen molar-refractivity contribution < 1.29 is 27.6 Å². The van der Waals surface area contributed by atoms with Crippen LogP contribution in [0.3, 0.4) is 0 Å². The molecule has 0 aliphatic carbocycles. The molecule has 0 fully saturated rings. The van der Waals surface area contributed by atoms with Crippen molar-refractivity contribution in [3.05, 3.63) is 54.1 Å². The number of nitrogens with zero attached hydrogens (tertiary/aromatic N) is 1. The minimum atomic E-state index is -4.60. The molecule has 0 saturated heterocycles. The zero-order valence-electron chi connectivity index (χ0n) is 17.2. The maximum Gasteiger partial charge on any atom is 0.418 e. The minimum Gasteiger partial charge on any atom is -0.369 e. The predicted molar refractivity (Wildman–Crippen MR) is 117 cm³/mol. The van der Waals surface area contributed by atoms with E-state index in [4.69, 9.17) is 5.73 Å². The smallest absolute Gasteiger partial charge is 0.369 e. The normalized spacial score (nSPS) is 11.3. The van der Waals surface area contributed by atoms with Gasteiger partial charge >= 0.3 is 6.18 Å². The second kappa shape index (κ2) is 11.5. The number of carbonyl (C=O) groups is 3. The van der Waals surface area contributed by atoms with E-state index in [2.05, 4.69) is 10.6 Å². The fourth-order valence-corrected chi connectivity index (χ4v) is 3.50. The van der Waals surface area contributed by atoms with Crippen LogP contribution in [0.15, 0.2) is 53.4 Å². The molecule has 3 amide bonds. The van der Waals surface area contributed by atoms with Gasteiger partial charge in [-0.15, -0.1) is 11.8 Å². The van der Waals surface area contributed by atoms with Gasteiger partial charge in [0.1, 0.15) is 0 Å². The molecule has 32 heavy (non-hydrogen) atoms. The van der Waals surface area contributed by atoms with Crippen molar-refractivity contribution in [3.8, 4) is 0 Å². The number of benzene rings is 2. The number of halogens is 3. The summed E-state index contributed by atoms with van der Waals surface area (Å²) in [5, 5.41) is 4.98. The van der Waals surface area contributed by atoms with Gasteiger partial charge in [0.2, 0.25) is 17.7 Å². The van der Waals surface area contributed by atoms with Gasteiger partial charge in [-0.05, 0) is 30.8 Å².